The number of hydrogen-bond acceptors (Lipinski definition) is 2. The summed E-state index contributed by atoms with van der Waals surface area (Å²) in [6.07, 6.45) is -4.39. The first kappa shape index (κ1) is 14.9. The third-order valence-electron chi connectivity index (χ3n) is 2.67. The van der Waals surface area contributed by atoms with Crippen LogP contribution in [0.5, 0.6) is 0 Å². The highest BCUT2D eigenvalue weighted by Gasteiger charge is 2.35. The van der Waals surface area contributed by atoms with E-state index in [0.29, 0.717) is 0 Å². The molecule has 106 valence electrons. The Morgan fingerprint density at radius 1 is 0.950 bits per heavy atom. The summed E-state index contributed by atoms with van der Waals surface area (Å²) in [4.78, 5) is 0. The molecule has 0 unspecified atom stereocenters. The summed E-state index contributed by atoms with van der Waals surface area (Å²) in [5.41, 5.74) is 5.96. The van der Waals surface area contributed by atoms with Gasteiger partial charge < -0.3 is 5.43 Å². The lowest BCUT2D eigenvalue weighted by molar-refractivity contribution is -0.138. The fraction of sp³-hybridized carbons (Fsp3) is 0.143. The van der Waals surface area contributed by atoms with Crippen LogP contribution in [0.3, 0.4) is 0 Å². The van der Waals surface area contributed by atoms with E-state index in [1.807, 2.05) is 30.3 Å². The molecular weight excluding hydrogens is 333 g/mol. The molecule has 6 heteroatoms. The summed E-state index contributed by atoms with van der Waals surface area (Å²) in [7, 11) is 0. The first-order chi connectivity index (χ1) is 9.48. The van der Waals surface area contributed by atoms with E-state index in [1.165, 1.54) is 12.1 Å². The minimum atomic E-state index is -4.39. The van der Waals surface area contributed by atoms with E-state index < -0.39 is 11.7 Å². The second-order valence-corrected chi connectivity index (χ2v) is 4.97. The number of nitrogens with one attached hydrogen (secondary N) is 2. The van der Waals surface area contributed by atoms with E-state index in [2.05, 4.69) is 26.8 Å². The maximum Gasteiger partial charge on any atom is 0.417 e. The third kappa shape index (κ3) is 3.74. The van der Waals surface area contributed by atoms with E-state index in [1.54, 1.807) is 6.07 Å². The van der Waals surface area contributed by atoms with E-state index in [4.69, 9.17) is 0 Å². The van der Waals surface area contributed by atoms with Crippen LogP contribution < -0.4 is 10.9 Å². The number of alkyl halides is 3. The van der Waals surface area contributed by atoms with Gasteiger partial charge in [0, 0.05) is 16.7 Å². The van der Waals surface area contributed by atoms with Gasteiger partial charge in [0.2, 0.25) is 0 Å². The van der Waals surface area contributed by atoms with Gasteiger partial charge in [-0.15, -0.1) is 0 Å². The average Bonchev–Trinajstić information content (AvgIpc) is 2.38. The van der Waals surface area contributed by atoms with Crippen LogP contribution in [-0.2, 0) is 12.7 Å². The zero-order chi connectivity index (χ0) is 14.6. The number of anilines is 1. The molecule has 0 saturated carbocycles. The normalized spacial score (nSPS) is 11.4. The molecule has 2 aromatic carbocycles. The Morgan fingerprint density at radius 2 is 1.65 bits per heavy atom. The van der Waals surface area contributed by atoms with Crippen LogP contribution in [-0.4, -0.2) is 0 Å². The van der Waals surface area contributed by atoms with Gasteiger partial charge in [0.15, 0.2) is 0 Å². The highest BCUT2D eigenvalue weighted by Crippen LogP contribution is 2.37. The first-order valence-corrected chi connectivity index (χ1v) is 6.66. The number of benzene rings is 2. The zero-order valence-electron chi connectivity index (χ0n) is 10.3. The number of halogens is 4. The van der Waals surface area contributed by atoms with E-state index in [9.17, 15) is 13.2 Å². The van der Waals surface area contributed by atoms with E-state index in [-0.39, 0.29) is 16.6 Å². The zero-order valence-corrected chi connectivity index (χ0v) is 11.9. The Labute approximate surface area is 123 Å². The molecule has 2 N–H and O–H groups in total. The van der Waals surface area contributed by atoms with Crippen molar-refractivity contribution < 1.29 is 13.2 Å². The lowest BCUT2D eigenvalue weighted by atomic mass is 10.1. The number of para-hydroxylation sites is 1. The van der Waals surface area contributed by atoms with Crippen molar-refractivity contribution in [1.82, 2.24) is 5.43 Å². The van der Waals surface area contributed by atoms with Crippen LogP contribution in [0, 0.1) is 0 Å². The highest BCUT2D eigenvalue weighted by molar-refractivity contribution is 9.10. The monoisotopic (exact) mass is 344 g/mol. The number of hydrogen-bond donors (Lipinski definition) is 2. The minimum Gasteiger partial charge on any atom is -0.321 e. The van der Waals surface area contributed by atoms with Gasteiger partial charge in [-0.3, -0.25) is 0 Å². The molecule has 0 aliphatic heterocycles. The van der Waals surface area contributed by atoms with Crippen LogP contribution in [0.15, 0.2) is 53.0 Å². The highest BCUT2D eigenvalue weighted by atomic mass is 79.9. The van der Waals surface area contributed by atoms with Crippen molar-refractivity contribution in [2.75, 3.05) is 5.43 Å². The van der Waals surface area contributed by atoms with E-state index in [0.717, 1.165) is 5.69 Å². The van der Waals surface area contributed by atoms with Crippen molar-refractivity contribution >= 4 is 21.6 Å². The van der Waals surface area contributed by atoms with Gasteiger partial charge in [0.25, 0.3) is 0 Å². The Bertz CT molecular complexity index is 570. The molecule has 0 atom stereocenters. The predicted molar refractivity (Wildman–Crippen MR) is 76.0 cm³/mol. The quantitative estimate of drug-likeness (QED) is 0.793. The van der Waals surface area contributed by atoms with Gasteiger partial charge in [-0.2, -0.15) is 13.2 Å². The number of hydrazine groups is 1. The van der Waals surface area contributed by atoms with Gasteiger partial charge in [-0.25, -0.2) is 5.43 Å². The molecule has 0 amide bonds. The lowest BCUT2D eigenvalue weighted by Crippen LogP contribution is -2.23. The predicted octanol–water partition coefficient (Wildman–Crippen LogP) is 4.58. The average molecular weight is 345 g/mol. The molecule has 20 heavy (non-hydrogen) atoms. The smallest absolute Gasteiger partial charge is 0.321 e. The Balaban J connectivity index is 2.08. The van der Waals surface area contributed by atoms with Gasteiger partial charge in [-0.1, -0.05) is 46.3 Å². The molecule has 2 rings (SSSR count). The van der Waals surface area contributed by atoms with Crippen LogP contribution in [0.2, 0.25) is 0 Å². The summed E-state index contributed by atoms with van der Waals surface area (Å²) < 4.78 is 39.0. The van der Waals surface area contributed by atoms with Crippen LogP contribution in [0.25, 0.3) is 0 Å². The van der Waals surface area contributed by atoms with Gasteiger partial charge in [0.05, 0.1) is 5.56 Å². The maximum absolute atomic E-state index is 13.0. The fourth-order valence-electron chi connectivity index (χ4n) is 1.80. The van der Waals surface area contributed by atoms with Crippen LogP contribution in [0.1, 0.15) is 11.1 Å². The SMILES string of the molecule is FC(F)(F)c1c(Br)cccc1CNNc1ccccc1. The molecule has 0 spiro atoms. The molecule has 2 aromatic rings. The van der Waals surface area contributed by atoms with Gasteiger partial charge in [0.1, 0.15) is 0 Å². The summed E-state index contributed by atoms with van der Waals surface area (Å²) >= 11 is 2.95. The Kier molecular flexibility index (Phi) is 4.67. The summed E-state index contributed by atoms with van der Waals surface area (Å²) in [5.74, 6) is 0. The van der Waals surface area contributed by atoms with Crippen molar-refractivity contribution in [2.24, 2.45) is 0 Å². The number of rotatable bonds is 4. The molecule has 0 saturated heterocycles. The Hall–Kier alpha value is -1.53. The van der Waals surface area contributed by atoms with Gasteiger partial charge >= 0.3 is 6.18 Å². The van der Waals surface area contributed by atoms with Crippen molar-refractivity contribution in [3.05, 3.63) is 64.1 Å². The summed E-state index contributed by atoms with van der Waals surface area (Å²) in [6, 6.07) is 13.6. The second-order valence-electron chi connectivity index (χ2n) is 4.12. The van der Waals surface area contributed by atoms with Crippen LogP contribution >= 0.6 is 15.9 Å². The van der Waals surface area contributed by atoms with Crippen molar-refractivity contribution in [2.45, 2.75) is 12.7 Å². The largest absolute Gasteiger partial charge is 0.417 e. The molecule has 0 bridgehead atoms. The molecule has 2 nitrogen and oxygen atoms in total. The standard InChI is InChI=1S/C14H12BrF3N2/c15-12-8-4-5-10(13(12)14(16,17)18)9-19-20-11-6-2-1-3-7-11/h1-8,19-20H,9H2. The molecule has 0 radical (unpaired) electrons. The topological polar surface area (TPSA) is 24.1 Å². The fourth-order valence-corrected chi connectivity index (χ4v) is 2.43. The van der Waals surface area contributed by atoms with Crippen molar-refractivity contribution in [1.29, 1.82) is 0 Å². The van der Waals surface area contributed by atoms with E-state index >= 15 is 0 Å². The molecular formula is C14H12BrF3N2. The van der Waals surface area contributed by atoms with Crippen LogP contribution in [0.4, 0.5) is 18.9 Å². The van der Waals surface area contributed by atoms with Crippen molar-refractivity contribution in [3.8, 4) is 0 Å². The van der Waals surface area contributed by atoms with Gasteiger partial charge in [-0.05, 0) is 23.8 Å². The molecule has 0 aromatic heterocycles. The maximum atomic E-state index is 13.0. The summed E-state index contributed by atoms with van der Waals surface area (Å²) in [6.45, 7) is 0.0587. The summed E-state index contributed by atoms with van der Waals surface area (Å²) in [5, 5.41) is 0. The molecule has 0 fully saturated rings. The lowest BCUT2D eigenvalue weighted by Gasteiger charge is -2.15. The minimum absolute atomic E-state index is 0.0454. The second kappa shape index (κ2) is 6.28. The van der Waals surface area contributed by atoms with Crippen molar-refractivity contribution in [3.63, 3.8) is 0 Å². The third-order valence-corrected chi connectivity index (χ3v) is 3.33. The molecule has 0 aliphatic carbocycles. The Morgan fingerprint density at radius 3 is 2.30 bits per heavy atom. The molecule has 0 heterocycles. The first-order valence-electron chi connectivity index (χ1n) is 5.87. The molecule has 0 aliphatic rings.